The van der Waals surface area contributed by atoms with Gasteiger partial charge in [-0.2, -0.15) is 43.9 Å². The van der Waals surface area contributed by atoms with Crippen molar-refractivity contribution in [2.75, 3.05) is 0 Å². The number of carbonyl (C=O) groups excluding carboxylic acids is 4. The molecule has 4 nitrogen and oxygen atoms in total. The second kappa shape index (κ2) is 12.9. The first kappa shape index (κ1) is 36.1. The summed E-state index contributed by atoms with van der Waals surface area (Å²) in [5.74, 6) is -26.0. The van der Waals surface area contributed by atoms with Gasteiger partial charge in [-0.05, 0) is 24.3 Å². The van der Waals surface area contributed by atoms with E-state index in [0.29, 0.717) is 30.3 Å². The molecule has 0 saturated heterocycles. The molecule has 2 rings (SSSR count). The van der Waals surface area contributed by atoms with Crippen molar-refractivity contribution in [2.24, 2.45) is 0 Å². The van der Waals surface area contributed by atoms with Crippen molar-refractivity contribution < 1.29 is 85.0 Å². The van der Waals surface area contributed by atoms with E-state index in [0.717, 1.165) is 0 Å². The van der Waals surface area contributed by atoms with Crippen LogP contribution in [0.15, 0.2) is 36.4 Å². The quantitative estimate of drug-likeness (QED) is 0.170. The van der Waals surface area contributed by atoms with Crippen molar-refractivity contribution in [1.29, 1.82) is 0 Å². The van der Waals surface area contributed by atoms with Crippen LogP contribution in [0.3, 0.4) is 0 Å². The third-order valence-electron chi connectivity index (χ3n) is 4.70. The Hall–Kier alpha value is -3.93. The number of hydrogen-bond donors (Lipinski definition) is 0. The van der Waals surface area contributed by atoms with Gasteiger partial charge in [-0.15, -0.1) is 0 Å². The van der Waals surface area contributed by atoms with E-state index < -0.39 is 101 Å². The maximum atomic E-state index is 13.0. The first-order chi connectivity index (χ1) is 18.8. The molecule has 1 atom stereocenters. The zero-order valence-electron chi connectivity index (χ0n) is 19.8. The van der Waals surface area contributed by atoms with Gasteiger partial charge in [-0.1, -0.05) is 0 Å². The maximum Gasteiger partial charge on any atom is 0.460 e. The molecule has 0 amide bonds. The van der Waals surface area contributed by atoms with Crippen LogP contribution in [0.1, 0.15) is 33.6 Å². The molecule has 0 spiro atoms. The highest BCUT2D eigenvalue weighted by Crippen LogP contribution is 2.47. The highest BCUT2D eigenvalue weighted by molar-refractivity contribution is 6.10. The summed E-state index contributed by atoms with van der Waals surface area (Å²) in [6, 6.07) is 2.41. The van der Waals surface area contributed by atoms with Crippen molar-refractivity contribution in [2.45, 2.75) is 43.2 Å². The molecule has 232 valence electrons. The molecule has 0 heterocycles. The first-order valence-electron chi connectivity index (χ1n) is 10.4. The van der Waals surface area contributed by atoms with Crippen LogP contribution in [-0.4, -0.2) is 53.5 Å². The SMILES string of the molecule is O=C(CC(=O)C(F)(F)C(F)(F)C(F)(F)F)c1cc(F)cc(F)c1.O=C(CC(=O)C(F)C(F)(F)F)c1cc(F)cc(F)c1. The lowest BCUT2D eigenvalue weighted by Crippen LogP contribution is -2.56. The van der Waals surface area contributed by atoms with Gasteiger partial charge in [0.25, 0.3) is 6.17 Å². The number of carbonyl (C=O) groups is 4. The van der Waals surface area contributed by atoms with Crippen molar-refractivity contribution in [3.8, 4) is 0 Å². The maximum absolute atomic E-state index is 13.0. The summed E-state index contributed by atoms with van der Waals surface area (Å²) in [4.78, 5) is 44.5. The number of Topliss-reactive ketones (excluding diaryl/α,β-unsaturated/α-hetero) is 4. The number of benzene rings is 2. The average Bonchev–Trinajstić information content (AvgIpc) is 2.81. The van der Waals surface area contributed by atoms with E-state index >= 15 is 0 Å². The summed E-state index contributed by atoms with van der Waals surface area (Å²) in [6.07, 6.45) is -19.5. The lowest BCUT2D eigenvalue weighted by atomic mass is 9.99. The molecule has 1 unspecified atom stereocenters. The fraction of sp³-hybridized carbons (Fsp3) is 0.304. The number of alkyl halides is 11. The fourth-order valence-corrected chi connectivity index (χ4v) is 2.67. The Bertz CT molecular complexity index is 1310. The third kappa shape index (κ3) is 9.04. The van der Waals surface area contributed by atoms with Crippen LogP contribution < -0.4 is 0 Å². The van der Waals surface area contributed by atoms with Crippen molar-refractivity contribution >= 4 is 23.1 Å². The second-order valence-corrected chi connectivity index (χ2v) is 7.96. The van der Waals surface area contributed by atoms with Crippen LogP contribution in [-0.2, 0) is 9.59 Å². The molecule has 0 radical (unpaired) electrons. The Labute approximate surface area is 223 Å². The van der Waals surface area contributed by atoms with Crippen LogP contribution in [0.5, 0.6) is 0 Å². The normalized spacial score (nSPS) is 13.1. The van der Waals surface area contributed by atoms with Crippen LogP contribution in [0, 0.1) is 23.3 Å². The van der Waals surface area contributed by atoms with Crippen molar-refractivity contribution in [1.82, 2.24) is 0 Å². The number of ketones is 4. The van der Waals surface area contributed by atoms with Crippen molar-refractivity contribution in [3.63, 3.8) is 0 Å². The summed E-state index contributed by atoms with van der Waals surface area (Å²) in [7, 11) is 0. The van der Waals surface area contributed by atoms with Crippen LogP contribution in [0.25, 0.3) is 0 Å². The summed E-state index contributed by atoms with van der Waals surface area (Å²) < 4.78 is 186. The second-order valence-electron chi connectivity index (χ2n) is 7.96. The van der Waals surface area contributed by atoms with Crippen LogP contribution in [0.2, 0.25) is 0 Å². The Balaban J connectivity index is 0.000000428. The minimum atomic E-state index is -6.74. The molecule has 0 aromatic heterocycles. The molecule has 0 saturated carbocycles. The van der Waals surface area contributed by atoms with E-state index in [4.69, 9.17) is 0 Å². The van der Waals surface area contributed by atoms with Gasteiger partial charge in [0.05, 0.1) is 12.8 Å². The number of rotatable bonds is 9. The topological polar surface area (TPSA) is 68.3 Å². The number of halogens is 15. The van der Waals surface area contributed by atoms with Gasteiger partial charge in [0.15, 0.2) is 17.3 Å². The van der Waals surface area contributed by atoms with Gasteiger partial charge in [0, 0.05) is 23.3 Å². The summed E-state index contributed by atoms with van der Waals surface area (Å²) >= 11 is 0. The van der Waals surface area contributed by atoms with Gasteiger partial charge in [0.1, 0.15) is 23.3 Å². The van der Waals surface area contributed by atoms with E-state index in [1.165, 1.54) is 0 Å². The lowest BCUT2D eigenvalue weighted by Gasteiger charge is -2.26. The van der Waals surface area contributed by atoms with Gasteiger partial charge in [-0.3, -0.25) is 19.2 Å². The Morgan fingerprint density at radius 1 is 0.571 bits per heavy atom. The molecule has 42 heavy (non-hydrogen) atoms. The van der Waals surface area contributed by atoms with Crippen LogP contribution >= 0.6 is 0 Å². The molecular weight excluding hydrogens is 625 g/mol. The molecule has 19 heteroatoms. The Morgan fingerprint density at radius 3 is 1.21 bits per heavy atom. The molecule has 2 aromatic carbocycles. The molecule has 0 aliphatic carbocycles. The Kier molecular flexibility index (Phi) is 11.1. The summed E-state index contributed by atoms with van der Waals surface area (Å²) in [6.45, 7) is 0. The number of hydrogen-bond acceptors (Lipinski definition) is 4. The fourth-order valence-electron chi connectivity index (χ4n) is 2.67. The standard InChI is InChI=1S/C12H5F9O2.C11H6F6O2/c13-6-1-5(2-7(14)3-6)8(22)4-9(23)10(15,16)11(17,18)12(19,20)21;12-6-1-5(2-7(13)3-6)8(18)4-9(19)10(14)11(15,16)17/h1-3H,4H2;1-3,10H,4H2. The molecule has 0 bridgehead atoms. The molecule has 0 N–H and O–H groups in total. The van der Waals surface area contributed by atoms with Crippen LogP contribution in [0.4, 0.5) is 65.9 Å². The minimum absolute atomic E-state index is 0.283. The zero-order chi connectivity index (χ0) is 33.0. The van der Waals surface area contributed by atoms with E-state index in [9.17, 15) is 85.0 Å². The first-order valence-corrected chi connectivity index (χ1v) is 10.4. The molecule has 0 aliphatic rings. The zero-order valence-corrected chi connectivity index (χ0v) is 19.8. The molecular formula is C23H11F15O4. The largest absolute Gasteiger partial charge is 0.460 e. The lowest BCUT2D eigenvalue weighted by molar-refractivity contribution is -0.343. The van der Waals surface area contributed by atoms with E-state index in [1.54, 1.807) is 0 Å². The van der Waals surface area contributed by atoms with Gasteiger partial charge in [-0.25, -0.2) is 22.0 Å². The van der Waals surface area contributed by atoms with E-state index in [1.807, 2.05) is 0 Å². The van der Waals surface area contributed by atoms with Gasteiger partial charge in [0.2, 0.25) is 5.78 Å². The highest BCUT2D eigenvalue weighted by atomic mass is 19.4. The van der Waals surface area contributed by atoms with Gasteiger partial charge < -0.3 is 0 Å². The summed E-state index contributed by atoms with van der Waals surface area (Å²) in [5.41, 5.74) is -1.61. The molecule has 0 fully saturated rings. The monoisotopic (exact) mass is 636 g/mol. The summed E-state index contributed by atoms with van der Waals surface area (Å²) in [5, 5.41) is 0. The Morgan fingerprint density at radius 2 is 0.905 bits per heavy atom. The molecule has 2 aromatic rings. The van der Waals surface area contributed by atoms with E-state index in [-0.39, 0.29) is 6.07 Å². The minimum Gasteiger partial charge on any atom is -0.296 e. The van der Waals surface area contributed by atoms with Gasteiger partial charge >= 0.3 is 24.2 Å². The highest BCUT2D eigenvalue weighted by Gasteiger charge is 2.75. The molecule has 0 aliphatic heterocycles. The predicted octanol–water partition coefficient (Wildman–Crippen LogP) is 6.95. The smallest absolute Gasteiger partial charge is 0.296 e. The van der Waals surface area contributed by atoms with E-state index in [2.05, 4.69) is 0 Å². The van der Waals surface area contributed by atoms with Crippen molar-refractivity contribution in [3.05, 3.63) is 70.8 Å². The average molecular weight is 636 g/mol. The third-order valence-corrected chi connectivity index (χ3v) is 4.70. The predicted molar refractivity (Wildman–Crippen MR) is 108 cm³/mol.